The highest BCUT2D eigenvalue weighted by Gasteiger charge is 2.17. The van der Waals surface area contributed by atoms with Crippen molar-refractivity contribution in [3.05, 3.63) is 29.6 Å². The van der Waals surface area contributed by atoms with Gasteiger partial charge in [0.1, 0.15) is 12.7 Å². The Morgan fingerprint density at radius 2 is 1.96 bits per heavy atom. The van der Waals surface area contributed by atoms with Gasteiger partial charge in [-0.2, -0.15) is 0 Å². The van der Waals surface area contributed by atoms with E-state index in [-0.39, 0.29) is 12.3 Å². The predicted octanol–water partition coefficient (Wildman–Crippen LogP) is 1.67. The molecule has 0 bridgehead atoms. The van der Waals surface area contributed by atoms with Gasteiger partial charge >= 0.3 is 6.03 Å². The van der Waals surface area contributed by atoms with Crippen molar-refractivity contribution in [1.29, 1.82) is 0 Å². The molecule has 0 aromatic heterocycles. The van der Waals surface area contributed by atoms with Crippen LogP contribution in [-0.2, 0) is 4.79 Å². The molecule has 2 unspecified atom stereocenters. The van der Waals surface area contributed by atoms with Crippen molar-refractivity contribution in [1.82, 2.24) is 16.0 Å². The van der Waals surface area contributed by atoms with Crippen LogP contribution in [0.3, 0.4) is 0 Å². The molecule has 0 aliphatic carbocycles. The van der Waals surface area contributed by atoms with Crippen LogP contribution in [0.15, 0.2) is 18.2 Å². The van der Waals surface area contributed by atoms with Crippen molar-refractivity contribution < 1.29 is 23.1 Å². The molecule has 0 saturated carbocycles. The molecule has 2 atom stereocenters. The molecule has 23 heavy (non-hydrogen) atoms. The Kier molecular flexibility index (Phi) is 7.24. The Balaban J connectivity index is 2.56. The minimum Gasteiger partial charge on any atom is -0.494 e. The molecule has 6 nitrogen and oxygen atoms in total. The Morgan fingerprint density at radius 1 is 1.26 bits per heavy atom. The quantitative estimate of drug-likeness (QED) is 0.712. The number of methoxy groups -OCH3 is 1. The normalized spacial score (nSPS) is 12.9. The number of benzene rings is 1. The summed E-state index contributed by atoms with van der Waals surface area (Å²) in [5.41, 5.74) is 0.549. The SMILES string of the molecule is COc1ccc(C(C)NC(=O)NC(C)C(=O)NCCF)cc1F. The van der Waals surface area contributed by atoms with E-state index in [4.69, 9.17) is 4.74 Å². The maximum atomic E-state index is 13.6. The minimum atomic E-state index is -0.818. The molecule has 3 N–H and O–H groups in total. The van der Waals surface area contributed by atoms with E-state index in [0.717, 1.165) is 0 Å². The zero-order valence-corrected chi connectivity index (χ0v) is 13.3. The molecule has 0 fully saturated rings. The van der Waals surface area contributed by atoms with E-state index in [1.54, 1.807) is 13.0 Å². The smallest absolute Gasteiger partial charge is 0.315 e. The average Bonchev–Trinajstić information content (AvgIpc) is 2.52. The van der Waals surface area contributed by atoms with Crippen LogP contribution in [-0.4, -0.2) is 38.3 Å². The van der Waals surface area contributed by atoms with Crippen molar-refractivity contribution >= 4 is 11.9 Å². The number of carbonyl (C=O) groups excluding carboxylic acids is 2. The summed E-state index contributed by atoms with van der Waals surface area (Å²) < 4.78 is 30.4. The molecule has 3 amide bonds. The van der Waals surface area contributed by atoms with Crippen LogP contribution in [0.1, 0.15) is 25.5 Å². The van der Waals surface area contributed by atoms with Crippen LogP contribution in [0.4, 0.5) is 13.6 Å². The maximum absolute atomic E-state index is 13.6. The van der Waals surface area contributed by atoms with Gasteiger partial charge in [-0.15, -0.1) is 0 Å². The second-order valence-electron chi connectivity index (χ2n) is 4.94. The lowest BCUT2D eigenvalue weighted by atomic mass is 10.1. The van der Waals surface area contributed by atoms with E-state index in [0.29, 0.717) is 5.56 Å². The van der Waals surface area contributed by atoms with Gasteiger partial charge in [-0.05, 0) is 31.5 Å². The van der Waals surface area contributed by atoms with Crippen molar-refractivity contribution in [3.63, 3.8) is 0 Å². The molecule has 1 aromatic carbocycles. The zero-order chi connectivity index (χ0) is 17.4. The van der Waals surface area contributed by atoms with Crippen molar-refractivity contribution in [3.8, 4) is 5.75 Å². The highest BCUT2D eigenvalue weighted by Crippen LogP contribution is 2.21. The lowest BCUT2D eigenvalue weighted by Crippen LogP contribution is -2.49. The summed E-state index contributed by atoms with van der Waals surface area (Å²) in [6, 6.07) is 2.48. The highest BCUT2D eigenvalue weighted by atomic mass is 19.1. The van der Waals surface area contributed by atoms with E-state index in [1.165, 1.54) is 26.2 Å². The first-order valence-electron chi connectivity index (χ1n) is 7.13. The predicted molar refractivity (Wildman–Crippen MR) is 81.5 cm³/mol. The van der Waals surface area contributed by atoms with Crippen molar-refractivity contribution in [2.24, 2.45) is 0 Å². The van der Waals surface area contributed by atoms with Gasteiger partial charge in [0.2, 0.25) is 5.91 Å². The first kappa shape index (κ1) is 18.7. The second kappa shape index (κ2) is 8.92. The monoisotopic (exact) mass is 329 g/mol. The number of urea groups is 1. The molecule has 0 aliphatic rings. The standard InChI is InChI=1S/C15H21F2N3O3/c1-9(11-4-5-13(23-3)12(17)8-11)19-15(22)20-10(2)14(21)18-7-6-16/h4-5,8-10H,6-7H2,1-3H3,(H,18,21)(H2,19,20,22). The zero-order valence-electron chi connectivity index (χ0n) is 13.3. The average molecular weight is 329 g/mol. The Morgan fingerprint density at radius 3 is 2.52 bits per heavy atom. The van der Waals surface area contributed by atoms with E-state index < -0.39 is 36.5 Å². The summed E-state index contributed by atoms with van der Waals surface area (Å²) in [4.78, 5) is 23.4. The van der Waals surface area contributed by atoms with Crippen LogP contribution >= 0.6 is 0 Å². The Labute approximate surface area is 133 Å². The lowest BCUT2D eigenvalue weighted by molar-refractivity contribution is -0.122. The number of amides is 3. The van der Waals surface area contributed by atoms with Gasteiger partial charge in [0.25, 0.3) is 0 Å². The van der Waals surface area contributed by atoms with Crippen LogP contribution in [0.5, 0.6) is 5.75 Å². The number of nitrogens with one attached hydrogen (secondary N) is 3. The molecular formula is C15H21F2N3O3. The fourth-order valence-electron chi connectivity index (χ4n) is 1.86. The third kappa shape index (κ3) is 5.72. The number of rotatable bonds is 7. The molecule has 0 spiro atoms. The molecule has 1 aromatic rings. The number of hydrogen-bond acceptors (Lipinski definition) is 3. The summed E-state index contributed by atoms with van der Waals surface area (Å²) >= 11 is 0. The largest absolute Gasteiger partial charge is 0.494 e. The maximum Gasteiger partial charge on any atom is 0.315 e. The third-order valence-electron chi connectivity index (χ3n) is 3.16. The topological polar surface area (TPSA) is 79.5 Å². The Bertz CT molecular complexity index is 555. The third-order valence-corrected chi connectivity index (χ3v) is 3.16. The summed E-state index contributed by atoms with van der Waals surface area (Å²) in [6.45, 7) is 2.37. The lowest BCUT2D eigenvalue weighted by Gasteiger charge is -2.18. The van der Waals surface area contributed by atoms with E-state index >= 15 is 0 Å². The van der Waals surface area contributed by atoms with Gasteiger partial charge < -0.3 is 20.7 Å². The van der Waals surface area contributed by atoms with Crippen molar-refractivity contribution in [2.75, 3.05) is 20.3 Å². The first-order chi connectivity index (χ1) is 10.9. The highest BCUT2D eigenvalue weighted by molar-refractivity contribution is 5.86. The molecule has 0 radical (unpaired) electrons. The Hall–Kier alpha value is -2.38. The van der Waals surface area contributed by atoms with Gasteiger partial charge in [0.05, 0.1) is 13.2 Å². The number of hydrogen-bond donors (Lipinski definition) is 3. The molecular weight excluding hydrogens is 308 g/mol. The van der Waals surface area contributed by atoms with Crippen LogP contribution < -0.4 is 20.7 Å². The molecule has 0 saturated heterocycles. The van der Waals surface area contributed by atoms with E-state index in [1.807, 2.05) is 0 Å². The van der Waals surface area contributed by atoms with Gasteiger partial charge in [0.15, 0.2) is 11.6 Å². The summed E-state index contributed by atoms with van der Waals surface area (Å²) in [6.07, 6.45) is 0. The number of alkyl halides is 1. The number of carbonyl (C=O) groups is 2. The van der Waals surface area contributed by atoms with Gasteiger partial charge in [-0.1, -0.05) is 6.07 Å². The van der Waals surface area contributed by atoms with Crippen LogP contribution in [0.2, 0.25) is 0 Å². The number of halogens is 2. The van der Waals surface area contributed by atoms with Crippen molar-refractivity contribution in [2.45, 2.75) is 25.9 Å². The van der Waals surface area contributed by atoms with E-state index in [2.05, 4.69) is 16.0 Å². The van der Waals surface area contributed by atoms with E-state index in [9.17, 15) is 18.4 Å². The van der Waals surface area contributed by atoms with Gasteiger partial charge in [-0.25, -0.2) is 13.6 Å². The summed E-state index contributed by atoms with van der Waals surface area (Å²) in [7, 11) is 1.36. The molecule has 1 rings (SSSR count). The first-order valence-corrected chi connectivity index (χ1v) is 7.13. The minimum absolute atomic E-state index is 0.103. The summed E-state index contributed by atoms with van der Waals surface area (Å²) in [5, 5.41) is 7.34. The fraction of sp³-hybridized carbons (Fsp3) is 0.467. The summed E-state index contributed by atoms with van der Waals surface area (Å²) in [5.74, 6) is -0.900. The fourth-order valence-corrected chi connectivity index (χ4v) is 1.86. The number of ether oxygens (including phenoxy) is 1. The van der Waals surface area contributed by atoms with Gasteiger partial charge in [-0.3, -0.25) is 4.79 Å². The van der Waals surface area contributed by atoms with Gasteiger partial charge in [0, 0.05) is 6.54 Å². The van der Waals surface area contributed by atoms with Crippen LogP contribution in [0, 0.1) is 5.82 Å². The molecule has 8 heteroatoms. The molecule has 128 valence electrons. The second-order valence-corrected chi connectivity index (χ2v) is 4.94. The molecule has 0 heterocycles. The van der Waals surface area contributed by atoms with Crippen LogP contribution in [0.25, 0.3) is 0 Å². The molecule has 0 aliphatic heterocycles.